The highest BCUT2D eigenvalue weighted by atomic mass is 19.3. The third-order valence-corrected chi connectivity index (χ3v) is 3.69. The van der Waals surface area contributed by atoms with E-state index in [4.69, 9.17) is 9.15 Å². The van der Waals surface area contributed by atoms with Crippen molar-refractivity contribution in [3.05, 3.63) is 47.9 Å². The highest BCUT2D eigenvalue weighted by molar-refractivity contribution is 5.86. The van der Waals surface area contributed by atoms with Crippen LogP contribution in [-0.2, 0) is 17.9 Å². The molecule has 0 aliphatic heterocycles. The van der Waals surface area contributed by atoms with Crippen molar-refractivity contribution in [3.8, 4) is 11.5 Å². The summed E-state index contributed by atoms with van der Waals surface area (Å²) < 4.78 is 40.0. The number of carbonyl (C=O) groups is 1. The summed E-state index contributed by atoms with van der Waals surface area (Å²) in [6, 6.07) is 7.99. The maximum Gasteiger partial charge on any atom is 0.387 e. The number of hydrogen-bond acceptors (Lipinski definition) is 5. The maximum absolute atomic E-state index is 12.6. The van der Waals surface area contributed by atoms with Crippen LogP contribution in [0.1, 0.15) is 18.2 Å². The number of methoxy groups -OCH3 is 1. The van der Waals surface area contributed by atoms with E-state index in [9.17, 15) is 13.6 Å². The van der Waals surface area contributed by atoms with Crippen molar-refractivity contribution in [2.24, 2.45) is 4.99 Å². The molecule has 8 nitrogen and oxygen atoms in total. The van der Waals surface area contributed by atoms with E-state index in [2.05, 4.69) is 25.7 Å². The first-order valence-corrected chi connectivity index (χ1v) is 8.94. The Morgan fingerprint density at radius 3 is 2.72 bits per heavy atom. The molecule has 0 atom stereocenters. The highest BCUT2D eigenvalue weighted by Crippen LogP contribution is 2.26. The van der Waals surface area contributed by atoms with Gasteiger partial charge in [0.2, 0.25) is 5.91 Å². The molecule has 1 heterocycles. The molecule has 1 aromatic carbocycles. The largest absolute Gasteiger partial charge is 0.497 e. The van der Waals surface area contributed by atoms with Crippen molar-refractivity contribution >= 4 is 11.9 Å². The predicted octanol–water partition coefficient (Wildman–Crippen LogP) is 2.26. The second kappa shape index (κ2) is 11.5. The van der Waals surface area contributed by atoms with Gasteiger partial charge in [0.1, 0.15) is 17.3 Å². The number of carbonyl (C=O) groups excluding carboxylic acids is 1. The topological polar surface area (TPSA) is 97.1 Å². The van der Waals surface area contributed by atoms with Crippen LogP contribution in [0.4, 0.5) is 8.78 Å². The normalized spacial score (nSPS) is 11.3. The third-order valence-electron chi connectivity index (χ3n) is 3.69. The minimum Gasteiger partial charge on any atom is -0.497 e. The molecule has 10 heteroatoms. The second-order valence-electron chi connectivity index (χ2n) is 5.76. The van der Waals surface area contributed by atoms with Crippen LogP contribution >= 0.6 is 0 Å². The predicted molar refractivity (Wildman–Crippen MR) is 103 cm³/mol. The summed E-state index contributed by atoms with van der Waals surface area (Å²) in [5, 5.41) is 8.58. The Hall–Kier alpha value is -3.30. The maximum atomic E-state index is 12.6. The fourth-order valence-electron chi connectivity index (χ4n) is 2.35. The fraction of sp³-hybridized carbons (Fsp3) is 0.368. The molecule has 0 spiro atoms. The van der Waals surface area contributed by atoms with Crippen molar-refractivity contribution in [2.45, 2.75) is 26.6 Å². The standard InChI is InChI=1S/C19H24F2N4O4/c1-3-22-19(25-12-17(26)23-11-15-5-4-8-28-15)24-10-13-9-14(27-2)6-7-16(13)29-18(20)21/h4-9,18H,3,10-12H2,1-2H3,(H,23,26)(H2,22,24,25). The number of ether oxygens (including phenoxy) is 2. The monoisotopic (exact) mass is 410 g/mol. The average molecular weight is 410 g/mol. The van der Waals surface area contributed by atoms with E-state index in [0.29, 0.717) is 29.6 Å². The molecule has 0 saturated heterocycles. The van der Waals surface area contributed by atoms with Crippen LogP contribution in [0.15, 0.2) is 46.0 Å². The van der Waals surface area contributed by atoms with Gasteiger partial charge in [0.15, 0.2) is 5.96 Å². The van der Waals surface area contributed by atoms with Gasteiger partial charge in [0.25, 0.3) is 0 Å². The number of nitrogens with one attached hydrogen (secondary N) is 3. The first-order chi connectivity index (χ1) is 14.0. The van der Waals surface area contributed by atoms with Gasteiger partial charge < -0.3 is 29.8 Å². The molecule has 0 bridgehead atoms. The Bertz CT molecular complexity index is 798. The van der Waals surface area contributed by atoms with Gasteiger partial charge >= 0.3 is 6.61 Å². The van der Waals surface area contributed by atoms with Crippen molar-refractivity contribution in [1.82, 2.24) is 16.0 Å². The van der Waals surface area contributed by atoms with Crippen molar-refractivity contribution in [1.29, 1.82) is 0 Å². The fourth-order valence-corrected chi connectivity index (χ4v) is 2.35. The van der Waals surface area contributed by atoms with Gasteiger partial charge in [0, 0.05) is 12.1 Å². The number of guanidine groups is 1. The average Bonchev–Trinajstić information content (AvgIpc) is 3.22. The molecule has 29 heavy (non-hydrogen) atoms. The number of hydrogen-bond donors (Lipinski definition) is 3. The third kappa shape index (κ3) is 7.68. The molecule has 0 fully saturated rings. The SMILES string of the molecule is CCNC(=NCc1cc(OC)ccc1OC(F)F)NCC(=O)NCc1ccco1. The van der Waals surface area contributed by atoms with E-state index in [0.717, 1.165) is 0 Å². The van der Waals surface area contributed by atoms with Gasteiger partial charge in [-0.25, -0.2) is 4.99 Å². The molecule has 1 amide bonds. The first kappa shape index (κ1) is 22.0. The molecule has 1 aromatic heterocycles. The Balaban J connectivity index is 1.97. The van der Waals surface area contributed by atoms with E-state index < -0.39 is 6.61 Å². The highest BCUT2D eigenvalue weighted by Gasteiger charge is 2.11. The molecular weight excluding hydrogens is 386 g/mol. The Kier molecular flexibility index (Phi) is 8.74. The van der Waals surface area contributed by atoms with Crippen LogP contribution < -0.4 is 25.4 Å². The summed E-state index contributed by atoms with van der Waals surface area (Å²) in [5.74, 6) is 1.24. The van der Waals surface area contributed by atoms with Gasteiger partial charge in [-0.2, -0.15) is 8.78 Å². The number of alkyl halides is 2. The van der Waals surface area contributed by atoms with Crippen LogP contribution in [0, 0.1) is 0 Å². The van der Waals surface area contributed by atoms with Crippen LogP contribution in [0.3, 0.4) is 0 Å². The smallest absolute Gasteiger partial charge is 0.387 e. The lowest BCUT2D eigenvalue weighted by Crippen LogP contribution is -2.43. The first-order valence-electron chi connectivity index (χ1n) is 8.94. The number of benzene rings is 1. The molecule has 0 unspecified atom stereocenters. The number of rotatable bonds is 10. The summed E-state index contributed by atoms with van der Waals surface area (Å²) >= 11 is 0. The molecule has 2 rings (SSSR count). The summed E-state index contributed by atoms with van der Waals surface area (Å²) in [4.78, 5) is 16.3. The molecule has 0 radical (unpaired) electrons. The lowest BCUT2D eigenvalue weighted by Gasteiger charge is -2.13. The van der Waals surface area contributed by atoms with Crippen LogP contribution in [0.25, 0.3) is 0 Å². The summed E-state index contributed by atoms with van der Waals surface area (Å²) in [6.45, 7) is -0.230. The van der Waals surface area contributed by atoms with Crippen molar-refractivity contribution in [2.75, 3.05) is 20.2 Å². The second-order valence-corrected chi connectivity index (χ2v) is 5.76. The summed E-state index contributed by atoms with van der Waals surface area (Å²) in [7, 11) is 1.48. The van der Waals surface area contributed by atoms with Gasteiger partial charge in [-0.05, 0) is 37.3 Å². The molecule has 0 aliphatic carbocycles. The number of aliphatic imine (C=N–C) groups is 1. The Morgan fingerprint density at radius 1 is 1.24 bits per heavy atom. The Labute approximate surface area is 167 Å². The summed E-state index contributed by atoms with van der Waals surface area (Å²) in [5.41, 5.74) is 0.420. The zero-order chi connectivity index (χ0) is 21.1. The molecule has 158 valence electrons. The van der Waals surface area contributed by atoms with E-state index in [1.54, 1.807) is 18.2 Å². The number of amides is 1. The number of furan rings is 1. The van der Waals surface area contributed by atoms with E-state index in [-0.39, 0.29) is 31.3 Å². The van der Waals surface area contributed by atoms with Crippen LogP contribution in [0.2, 0.25) is 0 Å². The van der Waals surface area contributed by atoms with Crippen LogP contribution in [0.5, 0.6) is 11.5 Å². The Morgan fingerprint density at radius 2 is 2.07 bits per heavy atom. The minimum absolute atomic E-state index is 0.0107. The summed E-state index contributed by atoms with van der Waals surface area (Å²) in [6.07, 6.45) is 1.53. The van der Waals surface area contributed by atoms with Crippen LogP contribution in [-0.4, -0.2) is 38.7 Å². The minimum atomic E-state index is -2.95. The number of nitrogens with zero attached hydrogens (tertiary/aromatic N) is 1. The molecule has 3 N–H and O–H groups in total. The quantitative estimate of drug-likeness (QED) is 0.411. The van der Waals surface area contributed by atoms with Gasteiger partial charge in [0.05, 0.1) is 33.0 Å². The van der Waals surface area contributed by atoms with Crippen molar-refractivity contribution in [3.63, 3.8) is 0 Å². The number of halogens is 2. The lowest BCUT2D eigenvalue weighted by molar-refractivity contribution is -0.120. The van der Waals surface area contributed by atoms with E-state index in [1.807, 2.05) is 6.92 Å². The van der Waals surface area contributed by atoms with E-state index in [1.165, 1.54) is 25.5 Å². The van der Waals surface area contributed by atoms with Gasteiger partial charge in [-0.15, -0.1) is 0 Å². The molecule has 0 saturated carbocycles. The van der Waals surface area contributed by atoms with Gasteiger partial charge in [-0.1, -0.05) is 0 Å². The van der Waals surface area contributed by atoms with E-state index >= 15 is 0 Å². The molecule has 0 aliphatic rings. The zero-order valence-electron chi connectivity index (χ0n) is 16.2. The molecular formula is C19H24F2N4O4. The lowest BCUT2D eigenvalue weighted by atomic mass is 10.2. The zero-order valence-corrected chi connectivity index (χ0v) is 16.2. The van der Waals surface area contributed by atoms with Crippen molar-refractivity contribution < 1.29 is 27.5 Å². The molecule has 2 aromatic rings. The van der Waals surface area contributed by atoms with Gasteiger partial charge in [-0.3, -0.25) is 4.79 Å².